The summed E-state index contributed by atoms with van der Waals surface area (Å²) in [5.41, 5.74) is 3.46. The number of aryl methyl sites for hydroxylation is 1. The van der Waals surface area contributed by atoms with E-state index in [0.717, 1.165) is 21.7 Å². The zero-order valence-corrected chi connectivity index (χ0v) is 31.0. The van der Waals surface area contributed by atoms with E-state index in [4.69, 9.17) is 18.9 Å². The Morgan fingerprint density at radius 2 is 1.60 bits per heavy atom. The van der Waals surface area contributed by atoms with Crippen molar-refractivity contribution in [1.82, 2.24) is 25.8 Å². The molecule has 15 heteroatoms. The molecule has 4 N–H and O–H groups in total. The van der Waals surface area contributed by atoms with Crippen molar-refractivity contribution in [2.45, 2.75) is 85.2 Å². The van der Waals surface area contributed by atoms with Gasteiger partial charge in [0.05, 0.1) is 55.2 Å². The first-order chi connectivity index (χ1) is 23.5. The Kier molecular flexibility index (Phi) is 15.6. The summed E-state index contributed by atoms with van der Waals surface area (Å²) >= 11 is 1.57. The number of ether oxygens (including phenoxy) is 4. The van der Waals surface area contributed by atoms with Gasteiger partial charge < -0.3 is 44.9 Å². The van der Waals surface area contributed by atoms with Gasteiger partial charge in [-0.15, -0.1) is 11.3 Å². The standard InChI is InChI=1S/C35H53N5O9S/c1-23-29(50-22-38-23)25-10-8-24(9-11-25)19-37-31(43)27-18-26(41)20-40(27)32(44)30(34(2,3)4)39-28(42)21-48-17-16-47-15-14-46-13-12-36-33(45)49-35(5,6)7/h8-11,22,26-27,30,41H,12-21H2,1-7H3,(H,36,45)(H,37,43)(H,39,42)/t26-,27+,30?/m1/s1. The van der Waals surface area contributed by atoms with Crippen LogP contribution in [0.3, 0.4) is 0 Å². The smallest absolute Gasteiger partial charge is 0.407 e. The summed E-state index contributed by atoms with van der Waals surface area (Å²) < 4.78 is 21.4. The van der Waals surface area contributed by atoms with E-state index in [1.54, 1.807) is 32.1 Å². The van der Waals surface area contributed by atoms with Crippen molar-refractivity contribution >= 4 is 35.2 Å². The highest BCUT2D eigenvalue weighted by atomic mass is 32.1. The van der Waals surface area contributed by atoms with E-state index in [0.29, 0.717) is 26.4 Å². The van der Waals surface area contributed by atoms with Crippen molar-refractivity contribution in [2.75, 3.05) is 52.7 Å². The highest BCUT2D eigenvalue weighted by molar-refractivity contribution is 7.13. The van der Waals surface area contributed by atoms with Gasteiger partial charge in [-0.3, -0.25) is 14.4 Å². The van der Waals surface area contributed by atoms with Crippen LogP contribution in [0.1, 0.15) is 59.2 Å². The number of aromatic nitrogens is 1. The first-order valence-corrected chi connectivity index (χ1v) is 17.7. The predicted molar refractivity (Wildman–Crippen MR) is 188 cm³/mol. The molecule has 0 saturated carbocycles. The van der Waals surface area contributed by atoms with Crippen LogP contribution in [0.2, 0.25) is 0 Å². The second kappa shape index (κ2) is 19.1. The molecule has 3 atom stereocenters. The molecule has 1 saturated heterocycles. The summed E-state index contributed by atoms with van der Waals surface area (Å²) in [6.45, 7) is 14.3. The van der Waals surface area contributed by atoms with Gasteiger partial charge >= 0.3 is 6.09 Å². The maximum atomic E-state index is 13.8. The van der Waals surface area contributed by atoms with E-state index >= 15 is 0 Å². The average Bonchev–Trinajstić information content (AvgIpc) is 3.65. The average molecular weight is 720 g/mol. The zero-order valence-electron chi connectivity index (χ0n) is 30.2. The van der Waals surface area contributed by atoms with Crippen molar-refractivity contribution in [3.05, 3.63) is 41.0 Å². The summed E-state index contributed by atoms with van der Waals surface area (Å²) in [4.78, 5) is 58.2. The van der Waals surface area contributed by atoms with Crippen molar-refractivity contribution in [2.24, 2.45) is 5.41 Å². The number of hydrogen-bond donors (Lipinski definition) is 4. The zero-order chi connectivity index (χ0) is 36.9. The van der Waals surface area contributed by atoms with Gasteiger partial charge in [-0.25, -0.2) is 9.78 Å². The van der Waals surface area contributed by atoms with Gasteiger partial charge in [-0.2, -0.15) is 0 Å². The summed E-state index contributed by atoms with van der Waals surface area (Å²) in [7, 11) is 0. The monoisotopic (exact) mass is 719 g/mol. The van der Waals surface area contributed by atoms with E-state index < -0.39 is 47.1 Å². The van der Waals surface area contributed by atoms with E-state index in [1.807, 2.05) is 57.5 Å². The second-order valence-electron chi connectivity index (χ2n) is 14.2. The van der Waals surface area contributed by atoms with Crippen molar-refractivity contribution in [3.8, 4) is 10.4 Å². The molecule has 1 aliphatic heterocycles. The van der Waals surface area contributed by atoms with Crippen LogP contribution in [-0.2, 0) is 39.9 Å². The molecule has 0 aliphatic carbocycles. The van der Waals surface area contributed by atoms with Crippen LogP contribution in [0.5, 0.6) is 0 Å². The number of thiazole rings is 1. The molecule has 4 amide bonds. The Hall–Kier alpha value is -3.63. The number of aliphatic hydroxyl groups excluding tert-OH is 1. The van der Waals surface area contributed by atoms with Gasteiger partial charge in [0.25, 0.3) is 0 Å². The second-order valence-corrected chi connectivity index (χ2v) is 15.0. The molecule has 14 nitrogen and oxygen atoms in total. The lowest BCUT2D eigenvalue weighted by molar-refractivity contribution is -0.144. The van der Waals surface area contributed by atoms with Crippen LogP contribution in [0.25, 0.3) is 10.4 Å². The van der Waals surface area contributed by atoms with Gasteiger partial charge in [0.15, 0.2) is 0 Å². The minimum absolute atomic E-state index is 0.0138. The first-order valence-electron chi connectivity index (χ1n) is 16.8. The molecule has 50 heavy (non-hydrogen) atoms. The Balaban J connectivity index is 1.39. The number of benzene rings is 1. The summed E-state index contributed by atoms with van der Waals surface area (Å²) in [6, 6.07) is 6.01. The molecule has 0 radical (unpaired) electrons. The maximum absolute atomic E-state index is 13.8. The fourth-order valence-electron chi connectivity index (χ4n) is 5.13. The third-order valence-electron chi connectivity index (χ3n) is 7.60. The number of aliphatic hydroxyl groups is 1. The summed E-state index contributed by atoms with van der Waals surface area (Å²) in [5.74, 6) is -1.31. The lowest BCUT2D eigenvalue weighted by Crippen LogP contribution is -2.58. The third-order valence-corrected chi connectivity index (χ3v) is 8.58. The molecule has 1 unspecified atom stereocenters. The van der Waals surface area contributed by atoms with Gasteiger partial charge in [-0.1, -0.05) is 45.0 Å². The highest BCUT2D eigenvalue weighted by Gasteiger charge is 2.44. The van der Waals surface area contributed by atoms with Crippen LogP contribution < -0.4 is 16.0 Å². The van der Waals surface area contributed by atoms with Gasteiger partial charge in [0.1, 0.15) is 24.3 Å². The Morgan fingerprint density at radius 3 is 2.20 bits per heavy atom. The van der Waals surface area contributed by atoms with Crippen LogP contribution in [-0.4, -0.2) is 115 Å². The molecule has 0 bridgehead atoms. The van der Waals surface area contributed by atoms with E-state index in [9.17, 15) is 24.3 Å². The first kappa shape index (κ1) is 40.8. The molecule has 2 aromatic rings. The molecule has 1 fully saturated rings. The predicted octanol–water partition coefficient (Wildman–Crippen LogP) is 2.80. The Morgan fingerprint density at radius 1 is 0.960 bits per heavy atom. The maximum Gasteiger partial charge on any atom is 0.407 e. The van der Waals surface area contributed by atoms with Crippen LogP contribution in [0.4, 0.5) is 4.79 Å². The minimum atomic E-state index is -0.958. The normalized spacial score (nSPS) is 16.9. The molecule has 0 spiro atoms. The largest absolute Gasteiger partial charge is 0.444 e. The Labute approximate surface area is 298 Å². The number of alkyl carbamates (subject to hydrolysis) is 1. The fourth-order valence-corrected chi connectivity index (χ4v) is 5.94. The molecule has 3 rings (SSSR count). The van der Waals surface area contributed by atoms with Crippen molar-refractivity contribution < 1.29 is 43.2 Å². The number of carbonyl (C=O) groups is 4. The highest BCUT2D eigenvalue weighted by Crippen LogP contribution is 2.28. The number of β-amino-alcohol motifs (C(OH)–C–C–N with tert-alkyl or cyclic N) is 1. The summed E-state index contributed by atoms with van der Waals surface area (Å²) in [6.07, 6.45) is -1.27. The topological polar surface area (TPSA) is 178 Å². The van der Waals surface area contributed by atoms with Crippen molar-refractivity contribution in [1.29, 1.82) is 0 Å². The number of carbonyl (C=O) groups excluding carboxylic acids is 4. The molecule has 1 aliphatic rings. The van der Waals surface area contributed by atoms with Crippen LogP contribution in [0, 0.1) is 12.3 Å². The lowest BCUT2D eigenvalue weighted by atomic mass is 9.85. The SMILES string of the molecule is Cc1ncsc1-c1ccc(CNC(=O)[C@@H]2C[C@@H](O)CN2C(=O)C(NC(=O)COCCOCCOCCNC(=O)OC(C)(C)C)C(C)(C)C)cc1. The van der Waals surface area contributed by atoms with Crippen molar-refractivity contribution in [3.63, 3.8) is 0 Å². The molecular weight excluding hydrogens is 666 g/mol. The van der Waals surface area contributed by atoms with E-state index in [-0.39, 0.29) is 45.2 Å². The van der Waals surface area contributed by atoms with Gasteiger partial charge in [-0.05, 0) is 44.2 Å². The van der Waals surface area contributed by atoms with E-state index in [1.165, 1.54) is 4.90 Å². The van der Waals surface area contributed by atoms with Gasteiger partial charge in [0.2, 0.25) is 17.7 Å². The fraction of sp³-hybridized carbons (Fsp3) is 0.629. The van der Waals surface area contributed by atoms with E-state index in [2.05, 4.69) is 20.9 Å². The molecule has 278 valence electrons. The number of amides is 4. The van der Waals surface area contributed by atoms with Gasteiger partial charge in [0, 0.05) is 26.1 Å². The summed E-state index contributed by atoms with van der Waals surface area (Å²) in [5, 5.41) is 18.7. The molecule has 1 aromatic carbocycles. The molecule has 1 aromatic heterocycles. The third kappa shape index (κ3) is 13.6. The quantitative estimate of drug-likeness (QED) is 0.178. The van der Waals surface area contributed by atoms with Crippen LogP contribution >= 0.6 is 11.3 Å². The number of likely N-dealkylation sites (tertiary alicyclic amines) is 1. The lowest BCUT2D eigenvalue weighted by Gasteiger charge is -2.35. The molecular formula is C35H53N5O9S. The number of hydrogen-bond acceptors (Lipinski definition) is 11. The number of nitrogens with one attached hydrogen (secondary N) is 3. The molecule has 2 heterocycles. The Bertz CT molecular complexity index is 1400. The minimum Gasteiger partial charge on any atom is -0.444 e. The number of nitrogens with zero attached hydrogens (tertiary/aromatic N) is 2. The number of rotatable bonds is 17. The van der Waals surface area contributed by atoms with Crippen LogP contribution in [0.15, 0.2) is 29.8 Å².